The molecular formula is C16H15N5O3. The van der Waals surface area contributed by atoms with Crippen LogP contribution < -0.4 is 16.2 Å². The number of H-pyrrole nitrogens is 1. The summed E-state index contributed by atoms with van der Waals surface area (Å²) in [7, 11) is 1.84. The minimum atomic E-state index is -0.969. The standard InChI is InChI=1S/C16H15N5O3/c1-21(11-4-2-9(3-5-11)16(23)24)8-10-7-18-12-6-13(17)20-15(22)14(12)19-10/h2-7H,8H2,1H3,(H,23,24)(H3,17,20,22). The third-order valence-corrected chi connectivity index (χ3v) is 3.57. The van der Waals surface area contributed by atoms with Crippen LogP contribution in [0.2, 0.25) is 0 Å². The smallest absolute Gasteiger partial charge is 0.335 e. The van der Waals surface area contributed by atoms with Crippen LogP contribution in [0.15, 0.2) is 41.3 Å². The second-order valence-electron chi connectivity index (χ2n) is 5.36. The maximum Gasteiger partial charge on any atom is 0.335 e. The van der Waals surface area contributed by atoms with Gasteiger partial charge in [0.25, 0.3) is 5.56 Å². The van der Waals surface area contributed by atoms with E-state index in [9.17, 15) is 9.59 Å². The van der Waals surface area contributed by atoms with Crippen LogP contribution in [-0.2, 0) is 6.54 Å². The molecule has 0 saturated heterocycles. The largest absolute Gasteiger partial charge is 0.478 e. The van der Waals surface area contributed by atoms with Crippen molar-refractivity contribution in [2.45, 2.75) is 6.54 Å². The molecule has 122 valence electrons. The van der Waals surface area contributed by atoms with Gasteiger partial charge in [-0.15, -0.1) is 0 Å². The summed E-state index contributed by atoms with van der Waals surface area (Å²) in [5.41, 5.74) is 7.53. The number of aromatic amines is 1. The molecule has 24 heavy (non-hydrogen) atoms. The summed E-state index contributed by atoms with van der Waals surface area (Å²) < 4.78 is 0. The molecule has 8 heteroatoms. The highest BCUT2D eigenvalue weighted by atomic mass is 16.4. The predicted molar refractivity (Wildman–Crippen MR) is 90.1 cm³/mol. The van der Waals surface area contributed by atoms with Gasteiger partial charge in [-0.1, -0.05) is 0 Å². The molecule has 1 aromatic carbocycles. The Hall–Kier alpha value is -3.42. The van der Waals surface area contributed by atoms with E-state index < -0.39 is 5.97 Å². The highest BCUT2D eigenvalue weighted by molar-refractivity contribution is 5.88. The Balaban J connectivity index is 1.86. The molecule has 0 radical (unpaired) electrons. The maximum atomic E-state index is 11.9. The first-order valence-corrected chi connectivity index (χ1v) is 7.13. The van der Waals surface area contributed by atoms with Crippen molar-refractivity contribution in [1.82, 2.24) is 15.0 Å². The first-order valence-electron chi connectivity index (χ1n) is 7.13. The lowest BCUT2D eigenvalue weighted by molar-refractivity contribution is 0.0697. The number of fused-ring (bicyclic) bond motifs is 1. The molecule has 0 bridgehead atoms. The molecule has 2 heterocycles. The van der Waals surface area contributed by atoms with Crippen molar-refractivity contribution in [3.8, 4) is 0 Å². The van der Waals surface area contributed by atoms with E-state index in [0.717, 1.165) is 5.69 Å². The number of hydrogen-bond donors (Lipinski definition) is 3. The van der Waals surface area contributed by atoms with Gasteiger partial charge in [0.1, 0.15) is 5.82 Å². The summed E-state index contributed by atoms with van der Waals surface area (Å²) in [5.74, 6) is -0.728. The lowest BCUT2D eigenvalue weighted by atomic mass is 10.2. The maximum absolute atomic E-state index is 11.9. The second-order valence-corrected chi connectivity index (χ2v) is 5.36. The zero-order valence-corrected chi connectivity index (χ0v) is 12.9. The Morgan fingerprint density at radius 3 is 2.71 bits per heavy atom. The molecule has 4 N–H and O–H groups in total. The Bertz CT molecular complexity index is 966. The van der Waals surface area contributed by atoms with Crippen molar-refractivity contribution in [3.63, 3.8) is 0 Å². The second kappa shape index (κ2) is 5.99. The van der Waals surface area contributed by atoms with E-state index in [2.05, 4.69) is 15.0 Å². The van der Waals surface area contributed by atoms with Gasteiger partial charge in [0.05, 0.1) is 29.5 Å². The number of carboxylic acids is 1. The molecule has 0 aliphatic carbocycles. The molecule has 2 aromatic heterocycles. The Morgan fingerprint density at radius 1 is 1.33 bits per heavy atom. The molecule has 0 saturated carbocycles. The number of hydrogen-bond acceptors (Lipinski definition) is 6. The van der Waals surface area contributed by atoms with Crippen LogP contribution in [0.5, 0.6) is 0 Å². The number of aromatic carboxylic acids is 1. The predicted octanol–water partition coefficient (Wildman–Crippen LogP) is 1.23. The van der Waals surface area contributed by atoms with Crippen molar-refractivity contribution in [2.75, 3.05) is 17.7 Å². The van der Waals surface area contributed by atoms with Gasteiger partial charge in [-0.2, -0.15) is 0 Å². The van der Waals surface area contributed by atoms with Gasteiger partial charge in [0.2, 0.25) is 0 Å². The van der Waals surface area contributed by atoms with Crippen LogP contribution in [0.25, 0.3) is 11.0 Å². The number of pyridine rings is 1. The quantitative estimate of drug-likeness (QED) is 0.659. The Morgan fingerprint density at radius 2 is 2.04 bits per heavy atom. The van der Waals surface area contributed by atoms with Crippen LogP contribution in [0.1, 0.15) is 16.1 Å². The summed E-state index contributed by atoms with van der Waals surface area (Å²) in [4.78, 5) is 35.7. The van der Waals surface area contributed by atoms with Gasteiger partial charge in [-0.05, 0) is 24.3 Å². The zero-order valence-electron chi connectivity index (χ0n) is 12.9. The third-order valence-electron chi connectivity index (χ3n) is 3.57. The summed E-state index contributed by atoms with van der Waals surface area (Å²) in [6.45, 7) is 0.416. The molecule has 0 aliphatic rings. The summed E-state index contributed by atoms with van der Waals surface area (Å²) in [6.07, 6.45) is 1.59. The molecular weight excluding hydrogens is 310 g/mol. The molecule has 0 spiro atoms. The summed E-state index contributed by atoms with van der Waals surface area (Å²) in [6, 6.07) is 8.06. The third kappa shape index (κ3) is 3.02. The summed E-state index contributed by atoms with van der Waals surface area (Å²) >= 11 is 0. The summed E-state index contributed by atoms with van der Waals surface area (Å²) in [5, 5.41) is 8.92. The number of carboxylic acid groups (broad SMARTS) is 1. The van der Waals surface area contributed by atoms with Crippen molar-refractivity contribution in [3.05, 3.63) is 58.1 Å². The lowest BCUT2D eigenvalue weighted by Crippen LogP contribution is -2.19. The van der Waals surface area contributed by atoms with Crippen LogP contribution in [0.3, 0.4) is 0 Å². The van der Waals surface area contributed by atoms with E-state index in [-0.39, 0.29) is 22.5 Å². The number of nitrogens with one attached hydrogen (secondary N) is 1. The molecule has 8 nitrogen and oxygen atoms in total. The van der Waals surface area contributed by atoms with Crippen molar-refractivity contribution < 1.29 is 9.90 Å². The number of aromatic nitrogens is 3. The van der Waals surface area contributed by atoms with E-state index in [1.165, 1.54) is 12.1 Å². The van der Waals surface area contributed by atoms with Gasteiger partial charge in [-0.25, -0.2) is 9.78 Å². The molecule has 0 amide bonds. The van der Waals surface area contributed by atoms with Gasteiger partial charge >= 0.3 is 5.97 Å². The number of nitrogens with two attached hydrogens (primary N) is 1. The van der Waals surface area contributed by atoms with Crippen LogP contribution in [0.4, 0.5) is 11.5 Å². The molecule has 3 aromatic rings. The number of nitrogens with zero attached hydrogens (tertiary/aromatic N) is 3. The fourth-order valence-electron chi connectivity index (χ4n) is 2.35. The first-order chi connectivity index (χ1) is 11.4. The van der Waals surface area contributed by atoms with Gasteiger partial charge in [0.15, 0.2) is 5.52 Å². The lowest BCUT2D eigenvalue weighted by Gasteiger charge is -2.19. The SMILES string of the molecule is CN(Cc1cnc2cc(N)[nH]c(=O)c2n1)c1ccc(C(=O)O)cc1. The van der Waals surface area contributed by atoms with Gasteiger partial charge in [0, 0.05) is 18.8 Å². The topological polar surface area (TPSA) is 125 Å². The number of nitrogen functional groups attached to an aromatic ring is 1. The fraction of sp³-hybridized carbons (Fsp3) is 0.125. The average Bonchev–Trinajstić information content (AvgIpc) is 2.55. The average molecular weight is 325 g/mol. The van der Waals surface area contributed by atoms with Crippen molar-refractivity contribution >= 4 is 28.5 Å². The normalized spacial score (nSPS) is 10.7. The van der Waals surface area contributed by atoms with E-state index in [1.807, 2.05) is 11.9 Å². The monoisotopic (exact) mass is 325 g/mol. The molecule has 0 aliphatic heterocycles. The van der Waals surface area contributed by atoms with Crippen LogP contribution in [0, 0.1) is 0 Å². The first kappa shape index (κ1) is 15.5. The Kier molecular flexibility index (Phi) is 3.87. The van der Waals surface area contributed by atoms with Gasteiger partial charge < -0.3 is 20.7 Å². The van der Waals surface area contributed by atoms with Crippen molar-refractivity contribution in [2.24, 2.45) is 0 Å². The highest BCUT2D eigenvalue weighted by Gasteiger charge is 2.09. The molecule has 3 rings (SSSR count). The van der Waals surface area contributed by atoms with Crippen LogP contribution >= 0.6 is 0 Å². The highest BCUT2D eigenvalue weighted by Crippen LogP contribution is 2.16. The minimum Gasteiger partial charge on any atom is -0.478 e. The number of rotatable bonds is 4. The zero-order chi connectivity index (χ0) is 17.3. The van der Waals surface area contributed by atoms with E-state index in [0.29, 0.717) is 17.8 Å². The van der Waals surface area contributed by atoms with Gasteiger partial charge in [-0.3, -0.25) is 9.78 Å². The number of benzene rings is 1. The molecule has 0 fully saturated rings. The molecule has 0 unspecified atom stereocenters. The minimum absolute atomic E-state index is 0.224. The van der Waals surface area contributed by atoms with E-state index >= 15 is 0 Å². The Labute approximate surface area is 136 Å². The number of anilines is 2. The van der Waals surface area contributed by atoms with E-state index in [4.69, 9.17) is 10.8 Å². The fourth-order valence-corrected chi connectivity index (χ4v) is 2.35. The molecule has 0 atom stereocenters. The number of carbonyl (C=O) groups is 1. The van der Waals surface area contributed by atoms with Crippen LogP contribution in [-0.4, -0.2) is 33.1 Å². The van der Waals surface area contributed by atoms with Crippen molar-refractivity contribution in [1.29, 1.82) is 0 Å². The van der Waals surface area contributed by atoms with E-state index in [1.54, 1.807) is 24.4 Å².